The van der Waals surface area contributed by atoms with Crippen molar-refractivity contribution in [2.45, 2.75) is 70.2 Å². The molecule has 3 atom stereocenters. The van der Waals surface area contributed by atoms with Crippen LogP contribution in [0.2, 0.25) is 0 Å². The van der Waals surface area contributed by atoms with Crippen molar-refractivity contribution in [1.82, 2.24) is 10.2 Å². The van der Waals surface area contributed by atoms with Crippen LogP contribution in [0.25, 0.3) is 0 Å². The third-order valence-electron chi connectivity index (χ3n) is 6.06. The van der Waals surface area contributed by atoms with Crippen molar-refractivity contribution in [2.75, 3.05) is 13.2 Å². The molecule has 1 saturated carbocycles. The van der Waals surface area contributed by atoms with Crippen molar-refractivity contribution in [3.63, 3.8) is 0 Å². The Balaban J connectivity index is 1.97. The molecule has 0 radical (unpaired) electrons. The molecule has 8 heteroatoms. The summed E-state index contributed by atoms with van der Waals surface area (Å²) in [5, 5.41) is 23.2. The molecule has 180 valence electrons. The topological polar surface area (TPSA) is 99.1 Å². The number of rotatable bonds is 8. The number of hydrogen-bond acceptors (Lipinski definition) is 5. The van der Waals surface area contributed by atoms with Crippen molar-refractivity contribution in [3.05, 3.63) is 51.1 Å². The monoisotopic (exact) mass is 568 g/mol. The maximum atomic E-state index is 13.3. The van der Waals surface area contributed by atoms with Gasteiger partial charge in [0, 0.05) is 30.7 Å². The summed E-state index contributed by atoms with van der Waals surface area (Å²) in [4.78, 5) is 27.9. The molecule has 0 aromatic heterocycles. The highest BCUT2D eigenvalue weighted by atomic mass is 127. The summed E-state index contributed by atoms with van der Waals surface area (Å²) in [6.07, 6.45) is 5.51. The maximum absolute atomic E-state index is 13.3. The number of aliphatic hydroxyl groups is 2. The Hall–Kier alpha value is -1.91. The molecule has 2 aliphatic rings. The zero-order valence-corrected chi connectivity index (χ0v) is 21.3. The summed E-state index contributed by atoms with van der Waals surface area (Å²) in [5.41, 5.74) is 1.33. The number of nitrogens with zero attached hydrogens (tertiary/aromatic N) is 1. The second-order valence-corrected chi connectivity index (χ2v) is 10.0. The third-order valence-corrected chi connectivity index (χ3v) is 6.95. The van der Waals surface area contributed by atoms with Crippen molar-refractivity contribution in [3.8, 4) is 5.75 Å². The lowest BCUT2D eigenvalue weighted by Gasteiger charge is -2.43. The largest absolute Gasteiger partial charge is 0.482 e. The Morgan fingerprint density at radius 1 is 1.24 bits per heavy atom. The van der Waals surface area contributed by atoms with E-state index < -0.39 is 18.2 Å². The van der Waals surface area contributed by atoms with Gasteiger partial charge in [-0.2, -0.15) is 0 Å². The van der Waals surface area contributed by atoms with Gasteiger partial charge >= 0.3 is 0 Å². The Bertz CT molecular complexity index is 906. The van der Waals surface area contributed by atoms with E-state index in [-0.39, 0.29) is 37.4 Å². The molecule has 3 rings (SSSR count). The van der Waals surface area contributed by atoms with Crippen molar-refractivity contribution >= 4 is 34.4 Å². The van der Waals surface area contributed by atoms with Gasteiger partial charge in [-0.3, -0.25) is 9.59 Å². The first-order chi connectivity index (χ1) is 15.8. The number of benzene rings is 1. The number of ether oxygens (including phenoxy) is 1. The van der Waals surface area contributed by atoms with Gasteiger partial charge in [-0.05, 0) is 67.5 Å². The van der Waals surface area contributed by atoms with Gasteiger partial charge in [0.25, 0.3) is 0 Å². The van der Waals surface area contributed by atoms with Crippen LogP contribution in [-0.4, -0.2) is 64.4 Å². The van der Waals surface area contributed by atoms with Crippen LogP contribution in [0.4, 0.5) is 0 Å². The number of carbonyl (C=O) groups is 2. The summed E-state index contributed by atoms with van der Waals surface area (Å²) in [7, 11) is 0. The molecule has 2 amide bonds. The highest BCUT2D eigenvalue weighted by Gasteiger charge is 2.43. The molecule has 2 aliphatic carbocycles. The van der Waals surface area contributed by atoms with E-state index in [9.17, 15) is 14.7 Å². The summed E-state index contributed by atoms with van der Waals surface area (Å²) in [6, 6.07) is 6.90. The molecule has 0 heterocycles. The van der Waals surface area contributed by atoms with Crippen LogP contribution in [-0.2, 0) is 9.59 Å². The van der Waals surface area contributed by atoms with E-state index in [0.29, 0.717) is 11.3 Å². The summed E-state index contributed by atoms with van der Waals surface area (Å²) in [6.45, 7) is 3.72. The average Bonchev–Trinajstić information content (AvgIpc) is 3.29. The minimum absolute atomic E-state index is 0.0186. The fourth-order valence-corrected chi connectivity index (χ4v) is 5.07. The second kappa shape index (κ2) is 12.0. The molecule has 0 spiro atoms. The number of allylic oxidation sites excluding steroid dienone is 1. The molecule has 0 unspecified atom stereocenters. The highest BCUT2D eigenvalue weighted by molar-refractivity contribution is 14.1. The van der Waals surface area contributed by atoms with E-state index in [2.05, 4.69) is 27.9 Å². The van der Waals surface area contributed by atoms with Crippen LogP contribution in [0.5, 0.6) is 5.75 Å². The maximum Gasteiger partial charge on any atom is 0.247 e. The van der Waals surface area contributed by atoms with Gasteiger partial charge in [0.1, 0.15) is 18.0 Å². The molecule has 0 bridgehead atoms. The quantitative estimate of drug-likeness (QED) is 0.331. The zero-order chi connectivity index (χ0) is 24.0. The molecule has 33 heavy (non-hydrogen) atoms. The van der Waals surface area contributed by atoms with Gasteiger partial charge in [-0.1, -0.05) is 30.5 Å². The van der Waals surface area contributed by atoms with Gasteiger partial charge < -0.3 is 25.2 Å². The van der Waals surface area contributed by atoms with Crippen LogP contribution in [0.1, 0.15) is 46.0 Å². The molecule has 1 aromatic carbocycles. The molecule has 7 nitrogen and oxygen atoms in total. The number of carbonyl (C=O) groups excluding carboxylic acids is 2. The van der Waals surface area contributed by atoms with Crippen LogP contribution < -0.4 is 10.1 Å². The fraction of sp³-hybridized carbons (Fsp3) is 0.520. The minimum atomic E-state index is -0.995. The lowest BCUT2D eigenvalue weighted by molar-refractivity contribution is -0.136. The van der Waals surface area contributed by atoms with Crippen molar-refractivity contribution in [2.24, 2.45) is 0 Å². The lowest BCUT2D eigenvalue weighted by Crippen LogP contribution is -2.57. The van der Waals surface area contributed by atoms with E-state index in [1.54, 1.807) is 17.1 Å². The molecule has 0 saturated heterocycles. The third kappa shape index (κ3) is 6.58. The standard InChI is InChI=1S/C25H33IN2O5/c1-16(2)13-23(30)28(18-7-3-4-8-18)20-14-17(25(32)27-11-12-29)15-22(24(20)31)33-21-10-6-5-9-19(21)26/h5-6,9-10,13,15,18,20,22,24,29,31H,3-4,7-8,11-12,14H2,1-2H3,(H,27,32)/t20-,22+,24+/m1/s1. The summed E-state index contributed by atoms with van der Waals surface area (Å²) >= 11 is 2.17. The number of halogens is 1. The van der Waals surface area contributed by atoms with Crippen LogP contribution in [0, 0.1) is 3.57 Å². The van der Waals surface area contributed by atoms with E-state index in [1.807, 2.05) is 38.1 Å². The first-order valence-corrected chi connectivity index (χ1v) is 12.6. The van der Waals surface area contributed by atoms with Crippen LogP contribution in [0.15, 0.2) is 47.6 Å². The lowest BCUT2D eigenvalue weighted by atomic mass is 9.87. The number of aliphatic hydroxyl groups excluding tert-OH is 2. The van der Waals surface area contributed by atoms with E-state index in [1.165, 1.54) is 0 Å². The Kier molecular flexibility index (Phi) is 9.34. The van der Waals surface area contributed by atoms with Crippen LogP contribution in [0.3, 0.4) is 0 Å². The number of hydrogen-bond donors (Lipinski definition) is 3. The Morgan fingerprint density at radius 3 is 2.58 bits per heavy atom. The predicted molar refractivity (Wildman–Crippen MR) is 135 cm³/mol. The predicted octanol–water partition coefficient (Wildman–Crippen LogP) is 2.94. The minimum Gasteiger partial charge on any atom is -0.482 e. The summed E-state index contributed by atoms with van der Waals surface area (Å²) < 4.78 is 7.06. The number of nitrogens with one attached hydrogen (secondary N) is 1. The van der Waals surface area contributed by atoms with E-state index in [0.717, 1.165) is 34.8 Å². The first-order valence-electron chi connectivity index (χ1n) is 11.5. The zero-order valence-electron chi connectivity index (χ0n) is 19.2. The Morgan fingerprint density at radius 2 is 1.94 bits per heavy atom. The molecule has 1 aromatic rings. The van der Waals surface area contributed by atoms with Gasteiger partial charge in [-0.25, -0.2) is 0 Å². The van der Waals surface area contributed by atoms with Gasteiger partial charge in [0.15, 0.2) is 0 Å². The van der Waals surface area contributed by atoms with E-state index >= 15 is 0 Å². The van der Waals surface area contributed by atoms with E-state index in [4.69, 9.17) is 9.84 Å². The summed E-state index contributed by atoms with van der Waals surface area (Å²) in [5.74, 6) is 0.145. The van der Waals surface area contributed by atoms with Gasteiger partial charge in [0.05, 0.1) is 16.2 Å². The number of para-hydroxylation sites is 1. The number of amides is 2. The van der Waals surface area contributed by atoms with Gasteiger partial charge in [0.2, 0.25) is 11.8 Å². The molecular formula is C25H33IN2O5. The van der Waals surface area contributed by atoms with Crippen molar-refractivity contribution in [1.29, 1.82) is 0 Å². The molecule has 3 N–H and O–H groups in total. The SMILES string of the molecule is CC(C)=CC(=O)N(C1CCCC1)[C@@H]1CC(C(=O)NCCO)=C[C@H](Oc2ccccc2I)[C@H]1O. The second-order valence-electron chi connectivity index (χ2n) is 8.85. The molecule has 0 aliphatic heterocycles. The highest BCUT2D eigenvalue weighted by Crippen LogP contribution is 2.34. The average molecular weight is 568 g/mol. The normalized spacial score (nSPS) is 22.9. The molecule has 1 fully saturated rings. The fourth-order valence-electron chi connectivity index (χ4n) is 4.55. The Labute approximate surface area is 209 Å². The van der Waals surface area contributed by atoms with Crippen molar-refractivity contribution < 1.29 is 24.5 Å². The molecular weight excluding hydrogens is 535 g/mol. The smallest absolute Gasteiger partial charge is 0.247 e. The van der Waals surface area contributed by atoms with Gasteiger partial charge in [-0.15, -0.1) is 0 Å². The first kappa shape index (κ1) is 25.7. The van der Waals surface area contributed by atoms with Crippen LogP contribution >= 0.6 is 22.6 Å².